The highest BCUT2D eigenvalue weighted by Crippen LogP contribution is 2.13. The summed E-state index contributed by atoms with van der Waals surface area (Å²) in [5, 5.41) is 0. The normalized spacial score (nSPS) is 12.7. The molecule has 0 aromatic rings. The molecule has 0 aromatic carbocycles. The Kier molecular flexibility index (Phi) is 49.4. The largest absolute Gasteiger partial charge is 0.462 e. The zero-order chi connectivity index (χ0) is 46.5. The molecule has 366 valence electrons. The zero-order valence-corrected chi connectivity index (χ0v) is 41.8. The lowest BCUT2D eigenvalue weighted by Gasteiger charge is -2.18. The van der Waals surface area contributed by atoms with Gasteiger partial charge in [-0.3, -0.25) is 14.4 Å². The minimum absolute atomic E-state index is 0.106. The molecule has 0 aliphatic carbocycles. The molecule has 64 heavy (non-hydrogen) atoms. The topological polar surface area (TPSA) is 78.9 Å². The van der Waals surface area contributed by atoms with Crippen LogP contribution in [0.5, 0.6) is 0 Å². The Labute approximate surface area is 395 Å². The zero-order valence-electron chi connectivity index (χ0n) is 41.8. The van der Waals surface area contributed by atoms with Crippen LogP contribution in [-0.4, -0.2) is 37.2 Å². The summed E-state index contributed by atoms with van der Waals surface area (Å²) in [6.07, 6.45) is 67.1. The monoisotopic (exact) mass is 891 g/mol. The number of allylic oxidation sites excluding steroid dienone is 14. The highest BCUT2D eigenvalue weighted by molar-refractivity contribution is 5.71. The molecule has 0 aliphatic heterocycles. The van der Waals surface area contributed by atoms with E-state index in [1.807, 2.05) is 0 Å². The van der Waals surface area contributed by atoms with Gasteiger partial charge in [0.05, 0.1) is 0 Å². The van der Waals surface area contributed by atoms with Gasteiger partial charge >= 0.3 is 17.9 Å². The van der Waals surface area contributed by atoms with Crippen LogP contribution in [0.4, 0.5) is 0 Å². The summed E-state index contributed by atoms with van der Waals surface area (Å²) >= 11 is 0. The van der Waals surface area contributed by atoms with Crippen molar-refractivity contribution in [1.29, 1.82) is 0 Å². The minimum Gasteiger partial charge on any atom is -0.462 e. The van der Waals surface area contributed by atoms with Gasteiger partial charge in [-0.1, -0.05) is 202 Å². The van der Waals surface area contributed by atoms with Gasteiger partial charge in [-0.15, -0.1) is 0 Å². The van der Waals surface area contributed by atoms with E-state index in [0.717, 1.165) is 103 Å². The van der Waals surface area contributed by atoms with E-state index in [1.54, 1.807) is 0 Å². The predicted molar refractivity (Wildman–Crippen MR) is 274 cm³/mol. The van der Waals surface area contributed by atoms with Crippen LogP contribution in [0.2, 0.25) is 0 Å². The Morgan fingerprint density at radius 3 is 1.05 bits per heavy atom. The maximum Gasteiger partial charge on any atom is 0.306 e. The molecule has 6 heteroatoms. The number of carbonyl (C=O) groups excluding carboxylic acids is 3. The Morgan fingerprint density at radius 1 is 0.328 bits per heavy atom. The third-order valence-electron chi connectivity index (χ3n) is 11.1. The second-order valence-electron chi connectivity index (χ2n) is 17.4. The molecule has 0 radical (unpaired) electrons. The molecule has 0 saturated heterocycles. The number of carbonyl (C=O) groups is 3. The number of esters is 3. The average molecular weight is 891 g/mol. The van der Waals surface area contributed by atoms with E-state index in [9.17, 15) is 14.4 Å². The lowest BCUT2D eigenvalue weighted by atomic mass is 10.1. The van der Waals surface area contributed by atoms with Gasteiger partial charge in [-0.25, -0.2) is 0 Å². The molecule has 0 aromatic heterocycles. The van der Waals surface area contributed by atoms with Crippen molar-refractivity contribution in [1.82, 2.24) is 0 Å². The smallest absolute Gasteiger partial charge is 0.306 e. The maximum absolute atomic E-state index is 12.8. The molecule has 1 atom stereocenters. The molecule has 0 spiro atoms. The first kappa shape index (κ1) is 60.6. The molecule has 0 N–H and O–H groups in total. The molecule has 0 bridgehead atoms. The van der Waals surface area contributed by atoms with Crippen LogP contribution in [0.15, 0.2) is 85.1 Å². The second kappa shape index (κ2) is 52.2. The lowest BCUT2D eigenvalue weighted by Crippen LogP contribution is -2.30. The van der Waals surface area contributed by atoms with Crippen molar-refractivity contribution in [2.24, 2.45) is 0 Å². The van der Waals surface area contributed by atoms with Gasteiger partial charge in [0.2, 0.25) is 0 Å². The summed E-state index contributed by atoms with van der Waals surface area (Å²) in [5.41, 5.74) is 0. The molecule has 0 saturated carbocycles. The average Bonchev–Trinajstić information content (AvgIpc) is 3.29. The van der Waals surface area contributed by atoms with Crippen LogP contribution in [0.3, 0.4) is 0 Å². The number of ether oxygens (including phenoxy) is 3. The standard InChI is InChI=1S/C58H98O6/c1-4-7-10-13-16-19-22-25-27-29-31-33-36-39-42-45-48-51-57(60)63-54-55(53-62-56(59)50-47-44-41-38-35-32-24-21-18-15-12-9-6-3)64-58(61)52-49-46-43-40-37-34-30-28-26-23-20-17-14-11-8-5-2/h8,11,17,20,25-28,31-33,35,39,42,55H,4-7,9-10,12-16,18-19,21-24,29-30,34,36-38,40-41,43-54H2,1-3H3/b11-8-,20-17-,27-25-,28-26-,33-31-,35-32-,42-39-. The quantitative estimate of drug-likeness (QED) is 0.0262. The van der Waals surface area contributed by atoms with Crippen molar-refractivity contribution in [3.05, 3.63) is 85.1 Å². The van der Waals surface area contributed by atoms with Crippen LogP contribution in [-0.2, 0) is 28.6 Å². The Morgan fingerprint density at radius 2 is 0.625 bits per heavy atom. The van der Waals surface area contributed by atoms with E-state index in [1.165, 1.54) is 96.3 Å². The molecule has 0 rings (SSSR count). The molecule has 0 fully saturated rings. The first-order chi connectivity index (χ1) is 31.5. The number of hydrogen-bond acceptors (Lipinski definition) is 6. The van der Waals surface area contributed by atoms with Crippen molar-refractivity contribution in [3.8, 4) is 0 Å². The molecule has 1 unspecified atom stereocenters. The second-order valence-corrected chi connectivity index (χ2v) is 17.4. The summed E-state index contributed by atoms with van der Waals surface area (Å²) < 4.78 is 16.7. The fraction of sp³-hybridized carbons (Fsp3) is 0.707. The van der Waals surface area contributed by atoms with Crippen LogP contribution >= 0.6 is 0 Å². The van der Waals surface area contributed by atoms with Gasteiger partial charge in [-0.05, 0) is 109 Å². The highest BCUT2D eigenvalue weighted by atomic mass is 16.6. The van der Waals surface area contributed by atoms with Crippen molar-refractivity contribution in [2.75, 3.05) is 13.2 Å². The van der Waals surface area contributed by atoms with Gasteiger partial charge in [0.15, 0.2) is 6.10 Å². The molecular weight excluding hydrogens is 793 g/mol. The van der Waals surface area contributed by atoms with E-state index in [4.69, 9.17) is 14.2 Å². The van der Waals surface area contributed by atoms with E-state index >= 15 is 0 Å². The molecule has 0 aliphatic rings. The maximum atomic E-state index is 12.8. The van der Waals surface area contributed by atoms with Gasteiger partial charge in [-0.2, -0.15) is 0 Å². The predicted octanol–water partition coefficient (Wildman–Crippen LogP) is 17.6. The third kappa shape index (κ3) is 49.6. The van der Waals surface area contributed by atoms with E-state index in [-0.39, 0.29) is 37.5 Å². The number of unbranched alkanes of at least 4 members (excludes halogenated alkanes) is 22. The molecular formula is C58H98O6. The Bertz CT molecular complexity index is 1250. The van der Waals surface area contributed by atoms with Gasteiger partial charge < -0.3 is 14.2 Å². The number of hydrogen-bond donors (Lipinski definition) is 0. The van der Waals surface area contributed by atoms with Gasteiger partial charge in [0, 0.05) is 19.3 Å². The van der Waals surface area contributed by atoms with Crippen molar-refractivity contribution in [3.63, 3.8) is 0 Å². The first-order valence-electron chi connectivity index (χ1n) is 26.6. The van der Waals surface area contributed by atoms with E-state index in [2.05, 4.69) is 106 Å². The first-order valence-corrected chi connectivity index (χ1v) is 26.6. The fourth-order valence-corrected chi connectivity index (χ4v) is 7.11. The van der Waals surface area contributed by atoms with Crippen LogP contribution in [0.25, 0.3) is 0 Å². The SMILES string of the molecule is CC/C=C\C/C=C\C/C=C\CCCCCCCCC(=O)OC(COC(=O)CCC/C=C\C/C=C\C/C=C\CCCCCCCC)COC(=O)CCCCC/C=C\CCCCCCCC. The summed E-state index contributed by atoms with van der Waals surface area (Å²) in [6.45, 7) is 6.44. The summed E-state index contributed by atoms with van der Waals surface area (Å²) in [4.78, 5) is 38.0. The van der Waals surface area contributed by atoms with Crippen LogP contribution in [0, 0.1) is 0 Å². The number of rotatable bonds is 47. The van der Waals surface area contributed by atoms with Crippen LogP contribution in [0.1, 0.15) is 245 Å². The highest BCUT2D eigenvalue weighted by Gasteiger charge is 2.19. The molecule has 0 heterocycles. The Hall–Kier alpha value is -3.41. The summed E-state index contributed by atoms with van der Waals surface area (Å²) in [5.74, 6) is -0.988. The van der Waals surface area contributed by atoms with Crippen molar-refractivity contribution in [2.45, 2.75) is 252 Å². The minimum atomic E-state index is -0.810. The van der Waals surface area contributed by atoms with Gasteiger partial charge in [0.25, 0.3) is 0 Å². The van der Waals surface area contributed by atoms with E-state index in [0.29, 0.717) is 19.3 Å². The molecule has 6 nitrogen and oxygen atoms in total. The Balaban J connectivity index is 4.50. The fourth-order valence-electron chi connectivity index (χ4n) is 7.11. The molecule has 0 amide bonds. The summed E-state index contributed by atoms with van der Waals surface area (Å²) in [6, 6.07) is 0. The third-order valence-corrected chi connectivity index (χ3v) is 11.1. The van der Waals surface area contributed by atoms with Gasteiger partial charge in [0.1, 0.15) is 13.2 Å². The van der Waals surface area contributed by atoms with Crippen molar-refractivity contribution >= 4 is 17.9 Å². The lowest BCUT2D eigenvalue weighted by molar-refractivity contribution is -0.167. The van der Waals surface area contributed by atoms with Crippen LogP contribution < -0.4 is 0 Å². The van der Waals surface area contributed by atoms with Crippen molar-refractivity contribution < 1.29 is 28.6 Å². The van der Waals surface area contributed by atoms with E-state index < -0.39 is 6.10 Å². The summed E-state index contributed by atoms with van der Waals surface area (Å²) in [7, 11) is 0.